The van der Waals surface area contributed by atoms with Gasteiger partial charge in [-0.2, -0.15) is 0 Å². The fourth-order valence-electron chi connectivity index (χ4n) is 2.02. The van der Waals surface area contributed by atoms with Crippen molar-refractivity contribution >= 4 is 35.0 Å². The molecule has 0 heterocycles. The number of urea groups is 2. The maximum absolute atomic E-state index is 12.0. The zero-order valence-electron chi connectivity index (χ0n) is 13.6. The van der Waals surface area contributed by atoms with Crippen molar-refractivity contribution in [2.75, 3.05) is 16.0 Å². The molecule has 0 saturated carbocycles. The van der Waals surface area contributed by atoms with Gasteiger partial charge in [-0.25, -0.2) is 9.59 Å². The average Bonchev–Trinajstić information content (AvgIpc) is 2.55. The van der Waals surface area contributed by atoms with Crippen LogP contribution in [0, 0.1) is 0 Å². The third-order valence-electron chi connectivity index (χ3n) is 3.17. The molecule has 0 bridgehead atoms. The first-order valence-electron chi connectivity index (χ1n) is 7.54. The van der Waals surface area contributed by atoms with Gasteiger partial charge in [0.15, 0.2) is 0 Å². The zero-order chi connectivity index (χ0) is 18.2. The van der Waals surface area contributed by atoms with Crippen LogP contribution in [0.15, 0.2) is 54.6 Å². The molecule has 1 atom stereocenters. The molecule has 8 heteroatoms. The minimum Gasteiger partial charge on any atom is -0.352 e. The van der Waals surface area contributed by atoms with Crippen LogP contribution in [-0.4, -0.2) is 24.0 Å². The average molecular weight is 341 g/mol. The van der Waals surface area contributed by atoms with Crippen LogP contribution in [-0.2, 0) is 4.79 Å². The number of hydrogen-bond donors (Lipinski definition) is 5. The summed E-state index contributed by atoms with van der Waals surface area (Å²) >= 11 is 0. The number of para-hydroxylation sites is 1. The Morgan fingerprint density at radius 1 is 0.840 bits per heavy atom. The number of carbonyl (C=O) groups excluding carboxylic acids is 3. The largest absolute Gasteiger partial charge is 0.352 e. The minimum atomic E-state index is -0.782. The molecule has 0 fully saturated rings. The minimum absolute atomic E-state index is 0.404. The van der Waals surface area contributed by atoms with Gasteiger partial charge in [0.1, 0.15) is 6.04 Å². The zero-order valence-corrected chi connectivity index (χ0v) is 13.6. The highest BCUT2D eigenvalue weighted by atomic mass is 16.2. The number of benzene rings is 2. The van der Waals surface area contributed by atoms with Crippen molar-refractivity contribution < 1.29 is 14.4 Å². The standard InChI is InChI=1S/C17H19N5O3/c1-11(19-16(18)24)15(23)20-13-8-5-9-14(10-13)22-17(25)21-12-6-3-2-4-7-12/h2-11H,1H3,(H,20,23)(H3,18,19,24)(H2,21,22,25)/t11-/m1/s1. The van der Waals surface area contributed by atoms with Crippen molar-refractivity contribution in [3.05, 3.63) is 54.6 Å². The Balaban J connectivity index is 1.95. The van der Waals surface area contributed by atoms with Crippen molar-refractivity contribution in [3.8, 4) is 0 Å². The van der Waals surface area contributed by atoms with Crippen molar-refractivity contribution in [1.82, 2.24) is 5.32 Å². The van der Waals surface area contributed by atoms with E-state index in [2.05, 4.69) is 21.3 Å². The van der Waals surface area contributed by atoms with Crippen LogP contribution in [0.1, 0.15) is 6.92 Å². The summed E-state index contributed by atoms with van der Waals surface area (Å²) in [6, 6.07) is 13.7. The number of nitrogens with one attached hydrogen (secondary N) is 4. The number of amides is 5. The molecular weight excluding hydrogens is 322 g/mol. The molecule has 0 spiro atoms. The van der Waals surface area contributed by atoms with Gasteiger partial charge in [0.2, 0.25) is 5.91 Å². The lowest BCUT2D eigenvalue weighted by Crippen LogP contribution is -2.44. The van der Waals surface area contributed by atoms with Crippen LogP contribution >= 0.6 is 0 Å². The van der Waals surface area contributed by atoms with E-state index in [1.165, 1.54) is 6.92 Å². The fraction of sp³-hybridized carbons (Fsp3) is 0.118. The lowest BCUT2D eigenvalue weighted by atomic mass is 10.2. The summed E-state index contributed by atoms with van der Waals surface area (Å²) in [4.78, 5) is 34.7. The molecule has 0 saturated heterocycles. The second-order valence-corrected chi connectivity index (χ2v) is 5.25. The van der Waals surface area contributed by atoms with Gasteiger partial charge in [0.25, 0.3) is 0 Å². The van der Waals surface area contributed by atoms with E-state index in [-0.39, 0.29) is 0 Å². The van der Waals surface area contributed by atoms with Gasteiger partial charge in [-0.05, 0) is 37.3 Å². The van der Waals surface area contributed by atoms with Gasteiger partial charge in [-0.3, -0.25) is 4.79 Å². The summed E-state index contributed by atoms with van der Waals surface area (Å²) in [5.74, 6) is -0.426. The molecule has 2 aromatic carbocycles. The molecule has 2 aromatic rings. The Morgan fingerprint density at radius 2 is 1.40 bits per heavy atom. The van der Waals surface area contributed by atoms with E-state index in [4.69, 9.17) is 5.73 Å². The van der Waals surface area contributed by atoms with Crippen LogP contribution in [0.3, 0.4) is 0 Å². The van der Waals surface area contributed by atoms with E-state index < -0.39 is 24.0 Å². The number of primary amides is 1. The topological polar surface area (TPSA) is 125 Å². The van der Waals surface area contributed by atoms with Crippen molar-refractivity contribution in [2.45, 2.75) is 13.0 Å². The number of hydrogen-bond acceptors (Lipinski definition) is 3. The van der Waals surface area contributed by atoms with Crippen LogP contribution in [0.2, 0.25) is 0 Å². The lowest BCUT2D eigenvalue weighted by molar-refractivity contribution is -0.117. The Hall–Kier alpha value is -3.55. The van der Waals surface area contributed by atoms with E-state index in [1.807, 2.05) is 18.2 Å². The molecule has 0 radical (unpaired) electrons. The van der Waals surface area contributed by atoms with Crippen molar-refractivity contribution in [2.24, 2.45) is 5.73 Å². The molecule has 0 aliphatic carbocycles. The van der Waals surface area contributed by atoms with Gasteiger partial charge in [-0.1, -0.05) is 24.3 Å². The van der Waals surface area contributed by atoms with Crippen LogP contribution < -0.4 is 27.0 Å². The summed E-state index contributed by atoms with van der Waals surface area (Å²) in [5, 5.41) is 10.3. The Kier molecular flexibility index (Phi) is 5.94. The SMILES string of the molecule is C[C@@H](NC(N)=O)C(=O)Nc1cccc(NC(=O)Nc2ccccc2)c1. The third-order valence-corrected chi connectivity index (χ3v) is 3.17. The summed E-state index contributed by atoms with van der Waals surface area (Å²) < 4.78 is 0. The molecule has 2 rings (SSSR count). The Labute approximate surface area is 144 Å². The predicted octanol–water partition coefficient (Wildman–Crippen LogP) is 2.33. The molecule has 130 valence electrons. The molecule has 5 amide bonds. The summed E-state index contributed by atoms with van der Waals surface area (Å²) in [6.07, 6.45) is 0. The number of anilines is 3. The molecule has 0 aliphatic rings. The molecule has 0 unspecified atom stereocenters. The van der Waals surface area contributed by atoms with Crippen LogP contribution in [0.25, 0.3) is 0 Å². The quantitative estimate of drug-likeness (QED) is 0.573. The molecule has 6 N–H and O–H groups in total. The molecule has 25 heavy (non-hydrogen) atoms. The normalized spacial score (nSPS) is 11.1. The van der Waals surface area contributed by atoms with E-state index in [9.17, 15) is 14.4 Å². The maximum atomic E-state index is 12.0. The van der Waals surface area contributed by atoms with E-state index in [1.54, 1.807) is 36.4 Å². The first-order valence-corrected chi connectivity index (χ1v) is 7.54. The van der Waals surface area contributed by atoms with E-state index in [0.29, 0.717) is 17.1 Å². The van der Waals surface area contributed by atoms with E-state index >= 15 is 0 Å². The summed E-state index contributed by atoms with van der Waals surface area (Å²) in [5.41, 5.74) is 6.62. The Morgan fingerprint density at radius 3 is 2.04 bits per heavy atom. The summed E-state index contributed by atoms with van der Waals surface area (Å²) in [6.45, 7) is 1.51. The monoisotopic (exact) mass is 341 g/mol. The van der Waals surface area contributed by atoms with Gasteiger partial charge in [-0.15, -0.1) is 0 Å². The highest BCUT2D eigenvalue weighted by Gasteiger charge is 2.14. The highest BCUT2D eigenvalue weighted by Crippen LogP contribution is 2.16. The lowest BCUT2D eigenvalue weighted by Gasteiger charge is -2.13. The van der Waals surface area contributed by atoms with Crippen LogP contribution in [0.5, 0.6) is 0 Å². The first kappa shape index (κ1) is 17.8. The fourth-order valence-corrected chi connectivity index (χ4v) is 2.02. The number of rotatable bonds is 5. The van der Waals surface area contributed by atoms with Gasteiger partial charge in [0, 0.05) is 17.1 Å². The molecule has 8 nitrogen and oxygen atoms in total. The van der Waals surface area contributed by atoms with Gasteiger partial charge >= 0.3 is 12.1 Å². The van der Waals surface area contributed by atoms with Gasteiger partial charge < -0.3 is 27.0 Å². The second kappa shape index (κ2) is 8.34. The molecular formula is C17H19N5O3. The maximum Gasteiger partial charge on any atom is 0.323 e. The van der Waals surface area contributed by atoms with Crippen molar-refractivity contribution in [3.63, 3.8) is 0 Å². The molecule has 0 aliphatic heterocycles. The van der Waals surface area contributed by atoms with Crippen molar-refractivity contribution in [1.29, 1.82) is 0 Å². The number of nitrogens with two attached hydrogens (primary N) is 1. The molecule has 0 aromatic heterocycles. The summed E-state index contributed by atoms with van der Waals surface area (Å²) in [7, 11) is 0. The third kappa shape index (κ3) is 5.87. The van der Waals surface area contributed by atoms with Gasteiger partial charge in [0.05, 0.1) is 0 Å². The smallest absolute Gasteiger partial charge is 0.323 e. The first-order chi connectivity index (χ1) is 11.9. The van der Waals surface area contributed by atoms with E-state index in [0.717, 1.165) is 0 Å². The Bertz CT molecular complexity index is 764. The second-order valence-electron chi connectivity index (χ2n) is 5.25. The predicted molar refractivity (Wildman–Crippen MR) is 96.3 cm³/mol. The highest BCUT2D eigenvalue weighted by molar-refractivity contribution is 6.01. The van der Waals surface area contributed by atoms with Crippen LogP contribution in [0.4, 0.5) is 26.7 Å². The number of carbonyl (C=O) groups is 3.